The van der Waals surface area contributed by atoms with E-state index in [0.717, 1.165) is 56.0 Å². The number of carbonyl (C=O) groups is 1. The average molecular weight is 630 g/mol. The largest absolute Gasteiger partial charge is 0.505 e. The zero-order valence-corrected chi connectivity index (χ0v) is 24.8. The van der Waals surface area contributed by atoms with Gasteiger partial charge in [0, 0.05) is 28.5 Å². The Balaban J connectivity index is 0.000000547. The van der Waals surface area contributed by atoms with Crippen molar-refractivity contribution >= 4 is 75.6 Å². The summed E-state index contributed by atoms with van der Waals surface area (Å²) < 4.78 is 61.7. The van der Waals surface area contributed by atoms with Crippen LogP contribution in [0.2, 0.25) is 0 Å². The van der Waals surface area contributed by atoms with Crippen molar-refractivity contribution in [2.45, 2.75) is 47.1 Å². The van der Waals surface area contributed by atoms with E-state index in [2.05, 4.69) is 9.50 Å². The minimum atomic E-state index is -4.82. The highest BCUT2D eigenvalue weighted by molar-refractivity contribution is 8.77. The summed E-state index contributed by atoms with van der Waals surface area (Å²) in [6.07, 6.45) is 3.82. The third kappa shape index (κ3) is 8.41. The van der Waals surface area contributed by atoms with Crippen LogP contribution in [0.1, 0.15) is 32.1 Å². The maximum atomic E-state index is 12.6. The molecule has 1 amide bonds. The Labute approximate surface area is 241 Å². The van der Waals surface area contributed by atoms with Crippen LogP contribution in [-0.2, 0) is 29.2 Å². The molecule has 11 nitrogen and oxygen atoms in total. The molecule has 1 aliphatic rings. The molecule has 0 saturated carbocycles. The summed E-state index contributed by atoms with van der Waals surface area (Å²) in [7, 11) is -4.38. The molecule has 7 N–H and O–H groups in total. The SMILES string of the molecule is COS(=O)(=O)c1cc(NC(=O)CCCCC2CCSS2)c2c(O)c(N)c(S(=O)(=O)O)cc2c1.Nc1ccccc1. The first-order chi connectivity index (χ1) is 18.8. The maximum Gasteiger partial charge on any atom is 0.296 e. The van der Waals surface area contributed by atoms with Gasteiger partial charge in [-0.05, 0) is 55.0 Å². The highest BCUT2D eigenvalue weighted by Crippen LogP contribution is 2.42. The second-order valence-corrected chi connectivity index (χ2v) is 14.7. The fourth-order valence-corrected chi connectivity index (χ4v) is 8.33. The van der Waals surface area contributed by atoms with Crippen molar-refractivity contribution in [3.63, 3.8) is 0 Å². The summed E-state index contributed by atoms with van der Waals surface area (Å²) in [5, 5.41) is 13.6. The van der Waals surface area contributed by atoms with Gasteiger partial charge in [0.25, 0.3) is 20.2 Å². The van der Waals surface area contributed by atoms with Crippen LogP contribution in [0.3, 0.4) is 0 Å². The molecule has 0 spiro atoms. The quantitative estimate of drug-likeness (QED) is 0.0550. The topological polar surface area (TPSA) is 199 Å². The van der Waals surface area contributed by atoms with Crippen LogP contribution in [0.15, 0.2) is 58.3 Å². The van der Waals surface area contributed by atoms with Crippen molar-refractivity contribution in [2.75, 3.05) is 29.6 Å². The molecular weight excluding hydrogens is 599 g/mol. The highest BCUT2D eigenvalue weighted by Gasteiger charge is 2.25. The van der Waals surface area contributed by atoms with E-state index in [4.69, 9.17) is 11.5 Å². The number of fused-ring (bicyclic) bond motifs is 1. The molecule has 0 aromatic heterocycles. The van der Waals surface area contributed by atoms with E-state index >= 15 is 0 Å². The minimum absolute atomic E-state index is 0.0670. The molecule has 4 rings (SSSR count). The Hall–Kier alpha value is -2.69. The number of carbonyl (C=O) groups excluding carboxylic acids is 1. The van der Waals surface area contributed by atoms with E-state index in [-0.39, 0.29) is 27.8 Å². The Morgan fingerprint density at radius 3 is 2.35 bits per heavy atom. The van der Waals surface area contributed by atoms with Gasteiger partial charge in [0.05, 0.1) is 23.4 Å². The minimum Gasteiger partial charge on any atom is -0.505 e. The van der Waals surface area contributed by atoms with Gasteiger partial charge in [-0.15, -0.1) is 0 Å². The number of hydrogen-bond acceptors (Lipinski definition) is 11. The summed E-state index contributed by atoms with van der Waals surface area (Å²) in [5.41, 5.74) is 11.2. The van der Waals surface area contributed by atoms with Crippen molar-refractivity contribution in [1.82, 2.24) is 0 Å². The van der Waals surface area contributed by atoms with Crippen LogP contribution >= 0.6 is 21.6 Å². The molecular formula is C25H31N3O8S4. The molecule has 0 bridgehead atoms. The molecule has 1 fully saturated rings. The van der Waals surface area contributed by atoms with E-state index in [1.54, 1.807) is 0 Å². The number of hydrogen-bond donors (Lipinski definition) is 5. The third-order valence-electron chi connectivity index (χ3n) is 5.95. The number of unbranched alkanes of at least 4 members (excludes halogenated alkanes) is 1. The molecule has 218 valence electrons. The zero-order valence-electron chi connectivity index (χ0n) is 21.6. The van der Waals surface area contributed by atoms with Crippen molar-refractivity contribution < 1.29 is 35.5 Å². The fraction of sp³-hybridized carbons (Fsp3) is 0.320. The first kappa shape index (κ1) is 31.8. The number of amides is 1. The lowest BCUT2D eigenvalue weighted by Gasteiger charge is -2.15. The van der Waals surface area contributed by atoms with Crippen LogP contribution in [0.25, 0.3) is 10.8 Å². The summed E-state index contributed by atoms with van der Waals surface area (Å²) in [6, 6.07) is 12.6. The maximum absolute atomic E-state index is 12.6. The number of nitrogen functional groups attached to an aromatic ring is 2. The lowest BCUT2D eigenvalue weighted by Crippen LogP contribution is -2.13. The number of phenols is 1. The van der Waals surface area contributed by atoms with Crippen molar-refractivity contribution in [1.29, 1.82) is 0 Å². The van der Waals surface area contributed by atoms with Gasteiger partial charge >= 0.3 is 0 Å². The molecule has 1 unspecified atom stereocenters. The van der Waals surface area contributed by atoms with Gasteiger partial charge in [-0.25, -0.2) is 0 Å². The Morgan fingerprint density at radius 2 is 1.80 bits per heavy atom. The van der Waals surface area contributed by atoms with Gasteiger partial charge in [0.2, 0.25) is 5.91 Å². The van der Waals surface area contributed by atoms with Crippen molar-refractivity contribution in [2.24, 2.45) is 0 Å². The summed E-state index contributed by atoms with van der Waals surface area (Å²) in [5.74, 6) is 0.0105. The Bertz CT molecular complexity index is 1560. The molecule has 0 aliphatic carbocycles. The van der Waals surface area contributed by atoms with E-state index < -0.39 is 42.5 Å². The molecule has 1 saturated heterocycles. The van der Waals surface area contributed by atoms with E-state index in [1.807, 2.05) is 51.9 Å². The average Bonchev–Trinajstić information content (AvgIpc) is 3.42. The van der Waals surface area contributed by atoms with Gasteiger partial charge in [-0.3, -0.25) is 13.5 Å². The lowest BCUT2D eigenvalue weighted by molar-refractivity contribution is -0.116. The van der Waals surface area contributed by atoms with Crippen LogP contribution in [0, 0.1) is 0 Å². The van der Waals surface area contributed by atoms with E-state index in [9.17, 15) is 31.3 Å². The molecule has 3 aromatic rings. The van der Waals surface area contributed by atoms with Crippen LogP contribution in [0.4, 0.5) is 17.1 Å². The smallest absolute Gasteiger partial charge is 0.296 e. The predicted octanol–water partition coefficient (Wildman–Crippen LogP) is 4.63. The fourth-order valence-electron chi connectivity index (χ4n) is 3.93. The predicted molar refractivity (Wildman–Crippen MR) is 160 cm³/mol. The molecule has 1 atom stereocenters. The standard InChI is InChI=1S/C19H24N2O8S4.C6H7N/c1-29-33(27,28)13-8-11-9-15(32(24,25)26)18(20)19(23)17(11)14(10-13)21-16(22)5-3-2-4-12-6-7-30-31-12;7-6-4-2-1-3-5-6/h8-10,12,23H,2-7,20H2,1H3,(H,21,22)(H,24,25,26);1-5H,7H2. The van der Waals surface area contributed by atoms with Crippen LogP contribution < -0.4 is 16.8 Å². The number of para-hydroxylation sites is 1. The van der Waals surface area contributed by atoms with Crippen LogP contribution in [0.5, 0.6) is 5.75 Å². The number of rotatable bonds is 9. The summed E-state index contributed by atoms with van der Waals surface area (Å²) in [4.78, 5) is 11.4. The zero-order chi connectivity index (χ0) is 29.5. The second kappa shape index (κ2) is 13.8. The van der Waals surface area contributed by atoms with Gasteiger partial charge in [0.15, 0.2) is 0 Å². The van der Waals surface area contributed by atoms with Gasteiger partial charge in [-0.1, -0.05) is 46.2 Å². The van der Waals surface area contributed by atoms with Crippen molar-refractivity contribution in [3.8, 4) is 5.75 Å². The number of aromatic hydroxyl groups is 1. The molecule has 1 heterocycles. The summed E-state index contributed by atoms with van der Waals surface area (Å²) >= 11 is 0. The van der Waals surface area contributed by atoms with Gasteiger partial charge < -0.3 is 21.9 Å². The van der Waals surface area contributed by atoms with E-state index in [0.29, 0.717) is 11.7 Å². The van der Waals surface area contributed by atoms with Gasteiger partial charge in [0.1, 0.15) is 10.6 Å². The molecule has 1 aliphatic heterocycles. The molecule has 15 heteroatoms. The number of nitrogens with one attached hydrogen (secondary N) is 1. The van der Waals surface area contributed by atoms with Crippen LogP contribution in [-0.4, -0.2) is 50.5 Å². The number of nitrogens with two attached hydrogens (primary N) is 2. The molecule has 0 radical (unpaired) electrons. The third-order valence-corrected chi connectivity index (χ3v) is 11.1. The first-order valence-electron chi connectivity index (χ1n) is 12.1. The first-order valence-corrected chi connectivity index (χ1v) is 17.3. The number of phenolic OH excluding ortho intramolecular Hbond substituents is 1. The monoisotopic (exact) mass is 629 g/mol. The number of anilines is 3. The summed E-state index contributed by atoms with van der Waals surface area (Å²) in [6.45, 7) is 0. The Morgan fingerprint density at radius 1 is 1.10 bits per heavy atom. The van der Waals surface area contributed by atoms with Gasteiger partial charge in [-0.2, -0.15) is 16.8 Å². The van der Waals surface area contributed by atoms with E-state index in [1.165, 1.54) is 0 Å². The van der Waals surface area contributed by atoms with Crippen molar-refractivity contribution in [3.05, 3.63) is 48.5 Å². The normalized spacial score (nSPS) is 15.4. The highest BCUT2D eigenvalue weighted by atomic mass is 33.1. The molecule has 40 heavy (non-hydrogen) atoms. The number of benzene rings is 3. The Kier molecular flexibility index (Phi) is 11.0. The second-order valence-electron chi connectivity index (χ2n) is 8.84. The molecule has 3 aromatic carbocycles. The lowest BCUT2D eigenvalue weighted by atomic mass is 10.1.